The number of ether oxygens (including phenoxy) is 1. The first kappa shape index (κ1) is 22.2. The number of benzene rings is 3. The third-order valence-corrected chi connectivity index (χ3v) is 7.32. The van der Waals surface area contributed by atoms with Crippen LogP contribution < -0.4 is 4.74 Å². The van der Waals surface area contributed by atoms with Crippen LogP contribution in [0.25, 0.3) is 22.1 Å². The summed E-state index contributed by atoms with van der Waals surface area (Å²) in [5.41, 5.74) is 4.47. The Morgan fingerprint density at radius 3 is 2.39 bits per heavy atom. The molecule has 170 valence electrons. The molecule has 0 radical (unpaired) electrons. The summed E-state index contributed by atoms with van der Waals surface area (Å²) in [6, 6.07) is 22.6. The molecule has 4 nitrogen and oxygen atoms in total. The van der Waals surface area contributed by atoms with E-state index in [2.05, 4.69) is 45.1 Å². The molecule has 1 aliphatic heterocycles. The zero-order valence-corrected chi connectivity index (χ0v) is 20.6. The van der Waals surface area contributed by atoms with Crippen molar-refractivity contribution in [3.63, 3.8) is 0 Å². The van der Waals surface area contributed by atoms with Crippen LogP contribution in [0.5, 0.6) is 5.75 Å². The van der Waals surface area contributed by atoms with E-state index in [0.29, 0.717) is 12.8 Å². The Hall–Kier alpha value is -2.60. The maximum atomic E-state index is 11.2. The lowest BCUT2D eigenvalue weighted by Gasteiger charge is -2.38. The van der Waals surface area contributed by atoms with E-state index < -0.39 is 5.60 Å². The average Bonchev–Trinajstić information content (AvgIpc) is 3.15. The number of halogens is 1. The van der Waals surface area contributed by atoms with E-state index in [-0.39, 0.29) is 0 Å². The highest BCUT2D eigenvalue weighted by molar-refractivity contribution is 9.10. The van der Waals surface area contributed by atoms with Gasteiger partial charge in [-0.2, -0.15) is 0 Å². The minimum absolute atomic E-state index is 0.706. The van der Waals surface area contributed by atoms with Crippen LogP contribution in [0.2, 0.25) is 0 Å². The van der Waals surface area contributed by atoms with Crippen LogP contribution in [0.1, 0.15) is 29.7 Å². The zero-order chi connectivity index (χ0) is 23.0. The lowest BCUT2D eigenvalue weighted by atomic mass is 9.84. The molecule has 1 fully saturated rings. The molecule has 1 aliphatic rings. The molecule has 2 heterocycles. The van der Waals surface area contributed by atoms with E-state index in [4.69, 9.17) is 9.15 Å². The van der Waals surface area contributed by atoms with Gasteiger partial charge in [0.25, 0.3) is 0 Å². The predicted octanol–water partition coefficient (Wildman–Crippen LogP) is 6.66. The quantitative estimate of drug-likeness (QED) is 0.329. The lowest BCUT2D eigenvalue weighted by molar-refractivity contribution is -0.0278. The van der Waals surface area contributed by atoms with Gasteiger partial charge in [-0.05, 0) is 55.2 Å². The fourth-order valence-corrected chi connectivity index (χ4v) is 5.20. The third kappa shape index (κ3) is 4.33. The van der Waals surface area contributed by atoms with E-state index in [0.717, 1.165) is 68.8 Å². The maximum Gasteiger partial charge on any atom is 0.135 e. The number of furan rings is 1. The second-order valence-corrected chi connectivity index (χ2v) is 9.79. The van der Waals surface area contributed by atoms with Crippen molar-refractivity contribution in [2.24, 2.45) is 0 Å². The van der Waals surface area contributed by atoms with Gasteiger partial charge in [-0.15, -0.1) is 0 Å². The van der Waals surface area contributed by atoms with E-state index in [1.54, 1.807) is 7.11 Å². The van der Waals surface area contributed by atoms with Crippen molar-refractivity contribution >= 4 is 26.9 Å². The molecule has 33 heavy (non-hydrogen) atoms. The lowest BCUT2D eigenvalue weighted by Crippen LogP contribution is -2.42. The van der Waals surface area contributed by atoms with Crippen LogP contribution in [-0.4, -0.2) is 30.2 Å². The normalized spacial score (nSPS) is 16.2. The highest BCUT2D eigenvalue weighted by atomic mass is 79.9. The van der Waals surface area contributed by atoms with Crippen molar-refractivity contribution in [1.29, 1.82) is 0 Å². The molecule has 0 saturated carbocycles. The third-order valence-electron chi connectivity index (χ3n) is 6.79. The number of rotatable bonds is 5. The molecule has 3 aromatic carbocycles. The first-order chi connectivity index (χ1) is 16.0. The molecule has 5 heteroatoms. The Morgan fingerprint density at radius 2 is 1.73 bits per heavy atom. The Kier molecular flexibility index (Phi) is 6.04. The average molecular weight is 506 g/mol. The molecule has 0 atom stereocenters. The van der Waals surface area contributed by atoms with Gasteiger partial charge in [0.05, 0.1) is 12.7 Å². The predicted molar refractivity (Wildman–Crippen MR) is 135 cm³/mol. The number of hydrogen-bond acceptors (Lipinski definition) is 4. The fraction of sp³-hybridized carbons (Fsp3) is 0.286. The second kappa shape index (κ2) is 8.98. The summed E-state index contributed by atoms with van der Waals surface area (Å²) in [5, 5.41) is 12.3. The molecule has 0 spiro atoms. The standard InChI is InChI=1S/C28H28BrNO3/c1-19-27(20-6-4-3-5-7-20)24-17-25(32-2)21(16-26(24)33-19)18-30-14-12-28(31,13-15-30)22-8-10-23(29)11-9-22/h3-11,16-17,31H,12-15,18H2,1-2H3. The van der Waals surface area contributed by atoms with Crippen molar-refractivity contribution in [3.8, 4) is 16.9 Å². The van der Waals surface area contributed by atoms with Gasteiger partial charge < -0.3 is 14.3 Å². The summed E-state index contributed by atoms with van der Waals surface area (Å²) in [7, 11) is 1.72. The number of piperidine rings is 1. The van der Waals surface area contributed by atoms with Gasteiger partial charge in [0.15, 0.2) is 0 Å². The summed E-state index contributed by atoms with van der Waals surface area (Å²) in [4.78, 5) is 2.38. The van der Waals surface area contributed by atoms with E-state index in [9.17, 15) is 5.11 Å². The van der Waals surface area contributed by atoms with E-state index in [1.807, 2.05) is 49.4 Å². The Bertz CT molecular complexity index is 1260. The molecule has 0 bridgehead atoms. The topological polar surface area (TPSA) is 45.8 Å². The number of aliphatic hydroxyl groups is 1. The number of fused-ring (bicyclic) bond motifs is 1. The van der Waals surface area contributed by atoms with Crippen molar-refractivity contribution in [3.05, 3.63) is 88.1 Å². The first-order valence-electron chi connectivity index (χ1n) is 11.3. The number of nitrogens with zero attached hydrogens (tertiary/aromatic N) is 1. The number of methoxy groups -OCH3 is 1. The highest BCUT2D eigenvalue weighted by Gasteiger charge is 2.34. The van der Waals surface area contributed by atoms with Crippen molar-refractivity contribution in [2.75, 3.05) is 20.2 Å². The molecule has 1 saturated heterocycles. The first-order valence-corrected chi connectivity index (χ1v) is 12.1. The van der Waals surface area contributed by atoms with Crippen molar-refractivity contribution in [1.82, 2.24) is 4.90 Å². The second-order valence-electron chi connectivity index (χ2n) is 8.87. The Balaban J connectivity index is 1.38. The van der Waals surface area contributed by atoms with Crippen molar-refractivity contribution in [2.45, 2.75) is 31.9 Å². The minimum Gasteiger partial charge on any atom is -0.496 e. The monoisotopic (exact) mass is 505 g/mol. The highest BCUT2D eigenvalue weighted by Crippen LogP contribution is 2.39. The van der Waals surface area contributed by atoms with Gasteiger partial charge in [-0.1, -0.05) is 58.4 Å². The molecule has 5 rings (SSSR count). The molecule has 1 N–H and O–H groups in total. The van der Waals surface area contributed by atoms with Crippen LogP contribution in [0, 0.1) is 6.92 Å². The molecule has 0 aliphatic carbocycles. The molecular formula is C28H28BrNO3. The zero-order valence-electron chi connectivity index (χ0n) is 19.0. The molecule has 4 aromatic rings. The van der Waals surface area contributed by atoms with Crippen LogP contribution in [-0.2, 0) is 12.1 Å². The van der Waals surface area contributed by atoms with Crippen molar-refractivity contribution < 1.29 is 14.3 Å². The summed E-state index contributed by atoms with van der Waals surface area (Å²) in [6.45, 7) is 4.42. The van der Waals surface area contributed by atoms with Gasteiger partial charge in [-0.25, -0.2) is 0 Å². The summed E-state index contributed by atoms with van der Waals surface area (Å²) in [6.07, 6.45) is 1.41. The summed E-state index contributed by atoms with van der Waals surface area (Å²) < 4.78 is 13.0. The van der Waals surface area contributed by atoms with Crippen LogP contribution in [0.4, 0.5) is 0 Å². The molecular weight excluding hydrogens is 478 g/mol. The van der Waals surface area contributed by atoms with Gasteiger partial charge >= 0.3 is 0 Å². The van der Waals surface area contributed by atoms with Crippen LogP contribution in [0.15, 0.2) is 75.6 Å². The van der Waals surface area contributed by atoms with E-state index in [1.165, 1.54) is 0 Å². The SMILES string of the molecule is COc1cc2c(-c3ccccc3)c(C)oc2cc1CN1CCC(O)(c2ccc(Br)cc2)CC1. The van der Waals surface area contributed by atoms with Gasteiger partial charge in [0.2, 0.25) is 0 Å². The number of aryl methyl sites for hydroxylation is 1. The Morgan fingerprint density at radius 1 is 1.03 bits per heavy atom. The minimum atomic E-state index is -0.770. The summed E-state index contributed by atoms with van der Waals surface area (Å²) >= 11 is 3.47. The number of hydrogen-bond donors (Lipinski definition) is 1. The molecule has 0 unspecified atom stereocenters. The molecule has 0 amide bonds. The van der Waals surface area contributed by atoms with E-state index >= 15 is 0 Å². The Labute approximate surface area is 202 Å². The van der Waals surface area contributed by atoms with Gasteiger partial charge in [0.1, 0.15) is 17.1 Å². The van der Waals surface area contributed by atoms with Crippen LogP contribution in [0.3, 0.4) is 0 Å². The number of likely N-dealkylation sites (tertiary alicyclic amines) is 1. The summed E-state index contributed by atoms with van der Waals surface area (Å²) in [5.74, 6) is 1.78. The van der Waals surface area contributed by atoms with Gasteiger partial charge in [-0.3, -0.25) is 4.90 Å². The largest absolute Gasteiger partial charge is 0.496 e. The van der Waals surface area contributed by atoms with Crippen LogP contribution >= 0.6 is 15.9 Å². The maximum absolute atomic E-state index is 11.2. The molecule has 1 aromatic heterocycles. The smallest absolute Gasteiger partial charge is 0.135 e. The fourth-order valence-electron chi connectivity index (χ4n) is 4.94. The van der Waals surface area contributed by atoms with Gasteiger partial charge in [0, 0.05) is 40.6 Å².